The Morgan fingerprint density at radius 3 is 2.62 bits per heavy atom. The van der Waals surface area contributed by atoms with E-state index in [-0.39, 0.29) is 12.5 Å². The normalized spacial score (nSPS) is 16.2. The van der Waals surface area contributed by atoms with Crippen molar-refractivity contribution in [3.8, 4) is 0 Å². The molecule has 0 radical (unpaired) electrons. The van der Waals surface area contributed by atoms with Gasteiger partial charge >= 0.3 is 5.97 Å². The standard InChI is InChI=1S/C19H14N2O3/c22-18(17-13-6-2-1-5-12(13)9-10-20-17)21-11-15(19(23)24)14-7-3-4-8-16(14)21/h1-10,15H,11H2,(H,23,24)/t15-/m0/s1. The van der Waals surface area contributed by atoms with Crippen LogP contribution < -0.4 is 4.90 Å². The van der Waals surface area contributed by atoms with Gasteiger partial charge < -0.3 is 10.0 Å². The summed E-state index contributed by atoms with van der Waals surface area (Å²) in [7, 11) is 0. The van der Waals surface area contributed by atoms with Crippen LogP contribution in [0.3, 0.4) is 0 Å². The average molecular weight is 318 g/mol. The number of carbonyl (C=O) groups excluding carboxylic acids is 1. The molecule has 0 aliphatic carbocycles. The van der Waals surface area contributed by atoms with Gasteiger partial charge in [0, 0.05) is 23.8 Å². The Morgan fingerprint density at radius 1 is 1.04 bits per heavy atom. The van der Waals surface area contributed by atoms with Crippen molar-refractivity contribution in [3.05, 3.63) is 72.1 Å². The molecule has 0 fully saturated rings. The largest absolute Gasteiger partial charge is 0.481 e. The van der Waals surface area contributed by atoms with Crippen LogP contribution in [-0.4, -0.2) is 28.5 Å². The number of nitrogens with zero attached hydrogens (tertiary/aromatic N) is 2. The van der Waals surface area contributed by atoms with Crippen LogP contribution in [0.15, 0.2) is 60.8 Å². The van der Waals surface area contributed by atoms with Gasteiger partial charge in [-0.05, 0) is 23.1 Å². The highest BCUT2D eigenvalue weighted by Gasteiger charge is 2.37. The number of carbonyl (C=O) groups is 2. The summed E-state index contributed by atoms with van der Waals surface area (Å²) in [6.07, 6.45) is 1.60. The fourth-order valence-electron chi connectivity index (χ4n) is 3.23. The van der Waals surface area contributed by atoms with E-state index in [2.05, 4.69) is 4.98 Å². The van der Waals surface area contributed by atoms with E-state index in [4.69, 9.17) is 0 Å². The summed E-state index contributed by atoms with van der Waals surface area (Å²) < 4.78 is 0. The Bertz CT molecular complexity index is 962. The second-order valence-electron chi connectivity index (χ2n) is 5.75. The zero-order valence-corrected chi connectivity index (χ0v) is 12.7. The van der Waals surface area contributed by atoms with Crippen molar-refractivity contribution in [1.29, 1.82) is 0 Å². The lowest BCUT2D eigenvalue weighted by Crippen LogP contribution is -2.32. The van der Waals surface area contributed by atoms with E-state index in [1.165, 1.54) is 4.90 Å². The van der Waals surface area contributed by atoms with Crippen LogP contribution in [0, 0.1) is 0 Å². The summed E-state index contributed by atoms with van der Waals surface area (Å²) in [4.78, 5) is 30.4. The highest BCUT2D eigenvalue weighted by molar-refractivity contribution is 6.14. The second-order valence-corrected chi connectivity index (χ2v) is 5.75. The lowest BCUT2D eigenvalue weighted by molar-refractivity contribution is -0.138. The molecular formula is C19H14N2O3. The minimum absolute atomic E-state index is 0.123. The summed E-state index contributed by atoms with van der Waals surface area (Å²) in [6, 6.07) is 16.5. The fraction of sp³-hybridized carbons (Fsp3) is 0.105. The molecule has 0 saturated heterocycles. The number of benzene rings is 2. The monoisotopic (exact) mass is 318 g/mol. The van der Waals surface area contributed by atoms with E-state index in [0.29, 0.717) is 16.9 Å². The molecule has 2 aromatic carbocycles. The fourth-order valence-corrected chi connectivity index (χ4v) is 3.23. The van der Waals surface area contributed by atoms with Crippen molar-refractivity contribution in [3.63, 3.8) is 0 Å². The van der Waals surface area contributed by atoms with Gasteiger partial charge in [-0.1, -0.05) is 42.5 Å². The van der Waals surface area contributed by atoms with Crippen LogP contribution in [-0.2, 0) is 4.79 Å². The molecule has 1 N–H and O–H groups in total. The van der Waals surface area contributed by atoms with Crippen LogP contribution in [0.2, 0.25) is 0 Å². The summed E-state index contributed by atoms with van der Waals surface area (Å²) in [5.41, 5.74) is 1.65. The second kappa shape index (κ2) is 5.45. The van der Waals surface area contributed by atoms with Crippen molar-refractivity contribution in [2.24, 2.45) is 0 Å². The maximum absolute atomic E-state index is 13.1. The van der Waals surface area contributed by atoms with Gasteiger partial charge in [-0.3, -0.25) is 14.6 Å². The number of hydrogen-bond donors (Lipinski definition) is 1. The zero-order valence-electron chi connectivity index (χ0n) is 12.7. The molecule has 0 saturated carbocycles. The third-order valence-electron chi connectivity index (χ3n) is 4.39. The Kier molecular flexibility index (Phi) is 3.27. The van der Waals surface area contributed by atoms with E-state index in [1.807, 2.05) is 30.3 Å². The maximum atomic E-state index is 13.1. The Balaban J connectivity index is 1.82. The zero-order chi connectivity index (χ0) is 16.7. The van der Waals surface area contributed by atoms with E-state index >= 15 is 0 Å². The molecule has 1 aliphatic rings. The summed E-state index contributed by atoms with van der Waals surface area (Å²) in [5.74, 6) is -1.91. The molecule has 0 spiro atoms. The number of hydrogen-bond acceptors (Lipinski definition) is 3. The van der Waals surface area contributed by atoms with Crippen molar-refractivity contribution in [2.45, 2.75) is 5.92 Å². The molecule has 1 aromatic heterocycles. The smallest absolute Gasteiger partial charge is 0.312 e. The van der Waals surface area contributed by atoms with Gasteiger partial charge in [-0.15, -0.1) is 0 Å². The third-order valence-corrected chi connectivity index (χ3v) is 4.39. The molecule has 1 amide bonds. The Morgan fingerprint density at radius 2 is 1.79 bits per heavy atom. The van der Waals surface area contributed by atoms with Crippen molar-refractivity contribution in [1.82, 2.24) is 4.98 Å². The van der Waals surface area contributed by atoms with Gasteiger partial charge in [0.2, 0.25) is 0 Å². The molecular weight excluding hydrogens is 304 g/mol. The van der Waals surface area contributed by atoms with Crippen molar-refractivity contribution in [2.75, 3.05) is 11.4 Å². The lowest BCUT2D eigenvalue weighted by Gasteiger charge is -2.18. The quantitative estimate of drug-likeness (QED) is 0.788. The molecule has 0 bridgehead atoms. The number of aromatic nitrogens is 1. The molecule has 1 atom stereocenters. The van der Waals surface area contributed by atoms with Crippen molar-refractivity contribution >= 4 is 28.3 Å². The Labute approximate surface area is 138 Å². The molecule has 4 rings (SSSR count). The van der Waals surface area contributed by atoms with E-state index in [0.717, 1.165) is 10.8 Å². The van der Waals surface area contributed by atoms with Gasteiger partial charge in [-0.2, -0.15) is 0 Å². The minimum atomic E-state index is -0.927. The average Bonchev–Trinajstić information content (AvgIpc) is 3.00. The van der Waals surface area contributed by atoms with Crippen LogP contribution in [0.25, 0.3) is 10.8 Å². The third kappa shape index (κ3) is 2.13. The number of rotatable bonds is 2. The highest BCUT2D eigenvalue weighted by atomic mass is 16.4. The molecule has 24 heavy (non-hydrogen) atoms. The van der Waals surface area contributed by atoms with Gasteiger partial charge in [0.1, 0.15) is 11.6 Å². The molecule has 5 nitrogen and oxygen atoms in total. The first-order chi connectivity index (χ1) is 11.7. The van der Waals surface area contributed by atoms with Gasteiger partial charge in [0.15, 0.2) is 0 Å². The first-order valence-corrected chi connectivity index (χ1v) is 7.64. The van der Waals surface area contributed by atoms with Crippen LogP contribution in [0.1, 0.15) is 22.0 Å². The van der Waals surface area contributed by atoms with Gasteiger partial charge in [0.05, 0.1) is 0 Å². The number of carboxylic acids is 1. The number of anilines is 1. The molecule has 5 heteroatoms. The number of carboxylic acid groups (broad SMARTS) is 1. The van der Waals surface area contributed by atoms with Gasteiger partial charge in [-0.25, -0.2) is 0 Å². The summed E-state index contributed by atoms with van der Waals surface area (Å²) in [6.45, 7) is 0.123. The van der Waals surface area contributed by atoms with E-state index in [1.54, 1.807) is 30.5 Å². The number of pyridine rings is 1. The predicted octanol–water partition coefficient (Wildman–Crippen LogP) is 3.06. The molecule has 1 aliphatic heterocycles. The lowest BCUT2D eigenvalue weighted by atomic mass is 10.0. The summed E-state index contributed by atoms with van der Waals surface area (Å²) >= 11 is 0. The summed E-state index contributed by atoms with van der Waals surface area (Å²) in [5, 5.41) is 11.1. The van der Waals surface area contributed by atoms with Crippen LogP contribution in [0.4, 0.5) is 5.69 Å². The topological polar surface area (TPSA) is 70.5 Å². The number of para-hydroxylation sites is 1. The van der Waals surface area contributed by atoms with Crippen LogP contribution in [0.5, 0.6) is 0 Å². The maximum Gasteiger partial charge on any atom is 0.312 e. The molecule has 0 unspecified atom stereocenters. The van der Waals surface area contributed by atoms with E-state index < -0.39 is 11.9 Å². The Hall–Kier alpha value is -3.21. The van der Waals surface area contributed by atoms with E-state index in [9.17, 15) is 14.7 Å². The minimum Gasteiger partial charge on any atom is -0.481 e. The molecule has 3 aromatic rings. The number of amides is 1. The predicted molar refractivity (Wildman–Crippen MR) is 90.2 cm³/mol. The van der Waals surface area contributed by atoms with Gasteiger partial charge in [0.25, 0.3) is 5.91 Å². The SMILES string of the molecule is O=C(O)[C@H]1CN(C(=O)c2nccc3ccccc23)c2ccccc21. The molecule has 118 valence electrons. The van der Waals surface area contributed by atoms with Crippen LogP contribution >= 0.6 is 0 Å². The highest BCUT2D eigenvalue weighted by Crippen LogP contribution is 2.37. The first kappa shape index (κ1) is 14.4. The number of fused-ring (bicyclic) bond motifs is 2. The number of aliphatic carboxylic acids is 1. The first-order valence-electron chi connectivity index (χ1n) is 7.64. The molecule has 2 heterocycles. The van der Waals surface area contributed by atoms with Crippen molar-refractivity contribution < 1.29 is 14.7 Å².